The van der Waals surface area contributed by atoms with Gasteiger partial charge in [0.2, 0.25) is 10.0 Å². The van der Waals surface area contributed by atoms with Gasteiger partial charge in [-0.15, -0.1) is 0 Å². The highest BCUT2D eigenvalue weighted by molar-refractivity contribution is 7.89. The predicted octanol–water partition coefficient (Wildman–Crippen LogP) is 0.538. The van der Waals surface area contributed by atoms with E-state index in [2.05, 4.69) is 9.97 Å². The fourth-order valence-corrected chi connectivity index (χ4v) is 3.89. The Morgan fingerprint density at radius 1 is 1.42 bits per heavy atom. The lowest BCUT2D eigenvalue weighted by atomic mass is 9.99. The zero-order chi connectivity index (χ0) is 13.9. The maximum atomic E-state index is 12.5. The molecule has 0 radical (unpaired) electrons. The quantitative estimate of drug-likeness (QED) is 0.871. The molecular formula is C12H20N4O2S. The summed E-state index contributed by atoms with van der Waals surface area (Å²) >= 11 is 0. The van der Waals surface area contributed by atoms with Gasteiger partial charge in [-0.3, -0.25) is 9.97 Å². The summed E-state index contributed by atoms with van der Waals surface area (Å²) in [6.45, 7) is 3.39. The first-order valence-electron chi connectivity index (χ1n) is 6.50. The summed E-state index contributed by atoms with van der Waals surface area (Å²) in [7, 11) is -3.36. The minimum absolute atomic E-state index is 0.443. The highest BCUT2D eigenvalue weighted by Gasteiger charge is 2.33. The number of nitrogens with two attached hydrogens (primary N) is 1. The molecule has 0 spiro atoms. The molecule has 106 valence electrons. The molecule has 19 heavy (non-hydrogen) atoms. The minimum Gasteiger partial charge on any atom is -0.330 e. The van der Waals surface area contributed by atoms with Crippen molar-refractivity contribution in [3.05, 3.63) is 24.3 Å². The molecule has 1 atom stereocenters. The number of hydrogen-bond acceptors (Lipinski definition) is 5. The van der Waals surface area contributed by atoms with Gasteiger partial charge in [-0.1, -0.05) is 0 Å². The van der Waals surface area contributed by atoms with E-state index in [0.29, 0.717) is 31.2 Å². The molecule has 2 N–H and O–H groups in total. The Morgan fingerprint density at radius 3 is 2.63 bits per heavy atom. The molecule has 2 heterocycles. The van der Waals surface area contributed by atoms with Crippen molar-refractivity contribution in [3.8, 4) is 0 Å². The number of sulfonamides is 1. The van der Waals surface area contributed by atoms with E-state index in [-0.39, 0.29) is 0 Å². The third-order valence-electron chi connectivity index (χ3n) is 3.71. The van der Waals surface area contributed by atoms with Crippen molar-refractivity contribution in [2.24, 2.45) is 11.7 Å². The maximum Gasteiger partial charge on any atom is 0.222 e. The smallest absolute Gasteiger partial charge is 0.222 e. The second-order valence-electron chi connectivity index (χ2n) is 4.90. The molecule has 6 nitrogen and oxygen atoms in total. The molecule has 1 aromatic rings. The maximum absolute atomic E-state index is 12.5. The molecule has 0 aliphatic carbocycles. The van der Waals surface area contributed by atoms with Gasteiger partial charge in [0.25, 0.3) is 0 Å². The van der Waals surface area contributed by atoms with Crippen molar-refractivity contribution in [1.82, 2.24) is 14.3 Å². The normalized spacial score (nSPS) is 20.3. The zero-order valence-corrected chi connectivity index (χ0v) is 11.9. The average Bonchev–Trinajstić information content (AvgIpc) is 2.47. The summed E-state index contributed by atoms with van der Waals surface area (Å²) in [5.41, 5.74) is 6.11. The number of rotatable bonds is 4. The van der Waals surface area contributed by atoms with Crippen LogP contribution >= 0.6 is 0 Å². The van der Waals surface area contributed by atoms with Crippen LogP contribution in [0.25, 0.3) is 0 Å². The van der Waals surface area contributed by atoms with Crippen LogP contribution in [0, 0.1) is 5.92 Å². The van der Waals surface area contributed by atoms with Crippen molar-refractivity contribution in [1.29, 1.82) is 0 Å². The summed E-state index contributed by atoms with van der Waals surface area (Å²) in [4.78, 5) is 8.01. The topological polar surface area (TPSA) is 89.2 Å². The van der Waals surface area contributed by atoms with Gasteiger partial charge >= 0.3 is 0 Å². The van der Waals surface area contributed by atoms with Crippen molar-refractivity contribution in [2.45, 2.75) is 25.0 Å². The van der Waals surface area contributed by atoms with E-state index < -0.39 is 15.3 Å². The van der Waals surface area contributed by atoms with Crippen molar-refractivity contribution >= 4 is 10.0 Å². The molecule has 0 bridgehead atoms. The first-order valence-corrected chi connectivity index (χ1v) is 8.01. The van der Waals surface area contributed by atoms with Gasteiger partial charge < -0.3 is 5.73 Å². The van der Waals surface area contributed by atoms with Crippen molar-refractivity contribution in [2.75, 3.05) is 19.6 Å². The SMILES string of the molecule is C[C@H](c1cnccn1)S(=O)(=O)N1CCC(CN)CC1. The van der Waals surface area contributed by atoms with E-state index in [0.717, 1.165) is 12.8 Å². The van der Waals surface area contributed by atoms with Gasteiger partial charge in [0.1, 0.15) is 5.25 Å². The molecular weight excluding hydrogens is 264 g/mol. The van der Waals surface area contributed by atoms with Gasteiger partial charge in [0.05, 0.1) is 5.69 Å². The first kappa shape index (κ1) is 14.4. The van der Waals surface area contributed by atoms with Gasteiger partial charge in [-0.25, -0.2) is 12.7 Å². The fourth-order valence-electron chi connectivity index (χ4n) is 2.30. The lowest BCUT2D eigenvalue weighted by Gasteiger charge is -2.32. The summed E-state index contributed by atoms with van der Waals surface area (Å²) in [6.07, 6.45) is 6.23. The Bertz CT molecular complexity index is 498. The van der Waals surface area contributed by atoms with Crippen LogP contribution in [-0.4, -0.2) is 42.3 Å². The molecule has 0 aromatic carbocycles. The van der Waals surface area contributed by atoms with Crippen LogP contribution < -0.4 is 5.73 Å². The molecule has 7 heteroatoms. The van der Waals surface area contributed by atoms with Crippen LogP contribution in [0.2, 0.25) is 0 Å². The largest absolute Gasteiger partial charge is 0.330 e. The van der Waals surface area contributed by atoms with E-state index in [9.17, 15) is 8.42 Å². The molecule has 0 unspecified atom stereocenters. The number of aromatic nitrogens is 2. The molecule has 1 aliphatic heterocycles. The highest BCUT2D eigenvalue weighted by Crippen LogP contribution is 2.27. The van der Waals surface area contributed by atoms with Gasteiger partial charge in [-0.05, 0) is 32.2 Å². The third-order valence-corrected chi connectivity index (χ3v) is 5.93. The molecule has 2 rings (SSSR count). The summed E-state index contributed by atoms with van der Waals surface area (Å²) < 4.78 is 26.6. The number of nitrogens with zero attached hydrogens (tertiary/aromatic N) is 3. The second-order valence-corrected chi connectivity index (χ2v) is 7.15. The number of hydrogen-bond donors (Lipinski definition) is 1. The second kappa shape index (κ2) is 5.94. The van der Waals surface area contributed by atoms with Crippen LogP contribution in [0.4, 0.5) is 0 Å². The standard InChI is InChI=1S/C12H20N4O2S/c1-10(12-9-14-4-5-15-12)19(17,18)16-6-2-11(8-13)3-7-16/h4-5,9-11H,2-3,6-8,13H2,1H3/t10-/m1/s1. The van der Waals surface area contributed by atoms with Crippen LogP contribution in [0.15, 0.2) is 18.6 Å². The number of piperidine rings is 1. The Kier molecular flexibility index (Phi) is 4.49. The summed E-state index contributed by atoms with van der Waals surface area (Å²) in [5, 5.41) is -0.657. The van der Waals surface area contributed by atoms with Crippen LogP contribution in [0.5, 0.6) is 0 Å². The molecule has 1 fully saturated rings. The van der Waals surface area contributed by atoms with Crippen LogP contribution in [0.3, 0.4) is 0 Å². The van der Waals surface area contributed by atoms with Crippen LogP contribution in [-0.2, 0) is 10.0 Å². The van der Waals surface area contributed by atoms with Gasteiger partial charge in [0.15, 0.2) is 0 Å². The molecule has 1 saturated heterocycles. The monoisotopic (exact) mass is 284 g/mol. The lowest BCUT2D eigenvalue weighted by molar-refractivity contribution is 0.276. The zero-order valence-electron chi connectivity index (χ0n) is 11.1. The predicted molar refractivity (Wildman–Crippen MR) is 72.7 cm³/mol. The van der Waals surface area contributed by atoms with Gasteiger partial charge in [0, 0.05) is 31.7 Å². The minimum atomic E-state index is -3.36. The van der Waals surface area contributed by atoms with E-state index in [1.807, 2.05) is 0 Å². The Morgan fingerprint density at radius 2 is 2.11 bits per heavy atom. The Hall–Kier alpha value is -1.05. The third kappa shape index (κ3) is 3.10. The average molecular weight is 284 g/mol. The van der Waals surface area contributed by atoms with E-state index >= 15 is 0 Å². The van der Waals surface area contributed by atoms with Crippen molar-refractivity contribution in [3.63, 3.8) is 0 Å². The molecule has 0 saturated carbocycles. The first-order chi connectivity index (χ1) is 9.05. The van der Waals surface area contributed by atoms with E-state index in [4.69, 9.17) is 5.73 Å². The molecule has 0 amide bonds. The lowest BCUT2D eigenvalue weighted by Crippen LogP contribution is -2.41. The Labute approximate surface area is 114 Å². The fraction of sp³-hybridized carbons (Fsp3) is 0.667. The van der Waals surface area contributed by atoms with Crippen molar-refractivity contribution < 1.29 is 8.42 Å². The summed E-state index contributed by atoms with van der Waals surface area (Å²) in [6, 6.07) is 0. The van der Waals surface area contributed by atoms with Crippen LogP contribution in [0.1, 0.15) is 30.7 Å². The highest BCUT2D eigenvalue weighted by atomic mass is 32.2. The Balaban J connectivity index is 2.11. The van der Waals surface area contributed by atoms with E-state index in [1.165, 1.54) is 18.6 Å². The molecule has 1 aliphatic rings. The van der Waals surface area contributed by atoms with E-state index in [1.54, 1.807) is 11.2 Å². The molecule has 1 aromatic heterocycles. The summed E-state index contributed by atoms with van der Waals surface area (Å²) in [5.74, 6) is 0.443. The van der Waals surface area contributed by atoms with Gasteiger partial charge in [-0.2, -0.15) is 0 Å².